The van der Waals surface area contributed by atoms with Gasteiger partial charge in [0.15, 0.2) is 14.9 Å². The van der Waals surface area contributed by atoms with E-state index in [4.69, 9.17) is 23.8 Å². The first-order valence-electron chi connectivity index (χ1n) is 7.70. The first-order chi connectivity index (χ1) is 11.2. The molecular weight excluding hydrogens is 373 g/mol. The lowest BCUT2D eigenvalue weighted by Gasteiger charge is -2.31. The molecule has 0 saturated carbocycles. The molecule has 1 heterocycles. The van der Waals surface area contributed by atoms with Gasteiger partial charge < -0.3 is 15.1 Å². The van der Waals surface area contributed by atoms with Crippen LogP contribution in [0, 0.1) is 5.82 Å². The lowest BCUT2D eigenvalue weighted by Crippen LogP contribution is -3.06. The van der Waals surface area contributed by atoms with E-state index >= 15 is 0 Å². The second kappa shape index (κ2) is 7.95. The van der Waals surface area contributed by atoms with Crippen LogP contribution < -0.4 is 10.2 Å². The third kappa shape index (κ3) is 5.27. The number of sulfone groups is 1. The van der Waals surface area contributed by atoms with Crippen molar-refractivity contribution in [1.82, 2.24) is 4.90 Å². The Morgan fingerprint density at radius 3 is 2.75 bits per heavy atom. The molecule has 1 atom stereocenters. The molecule has 2 N–H and O–H groups in total. The van der Waals surface area contributed by atoms with Crippen LogP contribution in [0.1, 0.15) is 6.42 Å². The van der Waals surface area contributed by atoms with Crippen LogP contribution in [0.4, 0.5) is 10.1 Å². The van der Waals surface area contributed by atoms with E-state index in [-0.39, 0.29) is 22.6 Å². The Labute approximate surface area is 152 Å². The van der Waals surface area contributed by atoms with Gasteiger partial charge >= 0.3 is 0 Å². The summed E-state index contributed by atoms with van der Waals surface area (Å²) < 4.78 is 36.8. The third-order valence-electron chi connectivity index (χ3n) is 3.93. The van der Waals surface area contributed by atoms with Crippen molar-refractivity contribution in [3.63, 3.8) is 0 Å². The summed E-state index contributed by atoms with van der Waals surface area (Å²) in [5.74, 6) is -0.196. The van der Waals surface area contributed by atoms with E-state index in [2.05, 4.69) is 5.32 Å². The number of anilines is 1. The molecule has 0 radical (unpaired) electrons. The molecule has 1 aromatic rings. The molecule has 1 aliphatic rings. The lowest BCUT2D eigenvalue weighted by atomic mass is 10.2. The topological polar surface area (TPSA) is 53.9 Å². The fourth-order valence-corrected chi connectivity index (χ4v) is 4.85. The average Bonchev–Trinajstić information content (AvgIpc) is 2.83. The van der Waals surface area contributed by atoms with Crippen molar-refractivity contribution in [2.45, 2.75) is 12.5 Å². The number of likely N-dealkylation sites (N-methyl/N-ethyl adjacent to an activating group) is 1. The largest absolute Gasteiger partial charge is 0.339 e. The van der Waals surface area contributed by atoms with Crippen LogP contribution >= 0.6 is 23.8 Å². The molecule has 0 unspecified atom stereocenters. The van der Waals surface area contributed by atoms with Crippen molar-refractivity contribution >= 4 is 44.5 Å². The Balaban J connectivity index is 2.12. The van der Waals surface area contributed by atoms with Crippen molar-refractivity contribution < 1.29 is 17.7 Å². The zero-order chi connectivity index (χ0) is 17.9. The van der Waals surface area contributed by atoms with E-state index in [1.54, 1.807) is 6.07 Å². The van der Waals surface area contributed by atoms with Crippen LogP contribution in [0.2, 0.25) is 5.02 Å². The highest BCUT2D eigenvalue weighted by atomic mass is 35.5. The number of hydrogen-bond acceptors (Lipinski definition) is 3. The van der Waals surface area contributed by atoms with Gasteiger partial charge in [0, 0.05) is 11.7 Å². The van der Waals surface area contributed by atoms with Crippen LogP contribution in [-0.2, 0) is 9.84 Å². The van der Waals surface area contributed by atoms with Gasteiger partial charge in [0.2, 0.25) is 0 Å². The van der Waals surface area contributed by atoms with Crippen LogP contribution in [-0.4, -0.2) is 63.2 Å². The van der Waals surface area contributed by atoms with E-state index in [9.17, 15) is 12.8 Å². The van der Waals surface area contributed by atoms with Crippen LogP contribution in [0.5, 0.6) is 0 Å². The Bertz CT molecular complexity index is 713. The maximum absolute atomic E-state index is 13.3. The number of nitrogens with one attached hydrogen (secondary N) is 2. The second-order valence-corrected chi connectivity index (χ2v) is 9.29. The molecule has 134 valence electrons. The van der Waals surface area contributed by atoms with Gasteiger partial charge in [-0.25, -0.2) is 12.8 Å². The summed E-state index contributed by atoms with van der Waals surface area (Å²) in [7, 11) is 1.05. The number of rotatable bonds is 5. The first-order valence-corrected chi connectivity index (χ1v) is 10.3. The summed E-state index contributed by atoms with van der Waals surface area (Å²) in [4.78, 5) is 3.16. The molecule has 0 amide bonds. The molecule has 5 nitrogen and oxygen atoms in total. The number of nitrogens with zero attached hydrogens (tertiary/aromatic N) is 1. The molecule has 24 heavy (non-hydrogen) atoms. The molecule has 9 heteroatoms. The van der Waals surface area contributed by atoms with Gasteiger partial charge in [-0.2, -0.15) is 0 Å². The first kappa shape index (κ1) is 19.4. The molecule has 0 spiro atoms. The van der Waals surface area contributed by atoms with Crippen LogP contribution in [0.25, 0.3) is 0 Å². The SMILES string of the molecule is C[NH+](C)CCN(C(=S)Nc1ccc(F)c(Cl)c1)[C@@H]1CCS(=O)(=O)C1. The fourth-order valence-electron chi connectivity index (χ4n) is 2.58. The summed E-state index contributed by atoms with van der Waals surface area (Å²) in [6.45, 7) is 1.46. The average molecular weight is 395 g/mol. The van der Waals surface area contributed by atoms with Crippen LogP contribution in [0.3, 0.4) is 0 Å². The smallest absolute Gasteiger partial charge is 0.173 e. The van der Waals surface area contributed by atoms with Crippen molar-refractivity contribution in [3.8, 4) is 0 Å². The molecular formula is C15H22ClFN3O2S2+. The Morgan fingerprint density at radius 2 is 2.21 bits per heavy atom. The van der Waals surface area contributed by atoms with Crippen molar-refractivity contribution in [1.29, 1.82) is 0 Å². The predicted molar refractivity (Wildman–Crippen MR) is 99.1 cm³/mol. The van der Waals surface area contributed by atoms with Crippen LogP contribution in [0.15, 0.2) is 18.2 Å². The minimum atomic E-state index is -3.00. The number of quaternary nitrogens is 1. The molecule has 1 aliphatic heterocycles. The lowest BCUT2D eigenvalue weighted by molar-refractivity contribution is -0.857. The summed E-state index contributed by atoms with van der Waals surface area (Å²) >= 11 is 11.3. The zero-order valence-electron chi connectivity index (χ0n) is 13.7. The van der Waals surface area contributed by atoms with Crippen molar-refractivity contribution in [3.05, 3.63) is 29.0 Å². The monoisotopic (exact) mass is 394 g/mol. The molecule has 0 bridgehead atoms. The molecule has 1 saturated heterocycles. The predicted octanol–water partition coefficient (Wildman–Crippen LogP) is 0.810. The van der Waals surface area contributed by atoms with Gasteiger partial charge in [0.25, 0.3) is 0 Å². The highest BCUT2D eigenvalue weighted by Crippen LogP contribution is 2.22. The minimum Gasteiger partial charge on any atom is -0.339 e. The van der Waals surface area contributed by atoms with Gasteiger partial charge in [-0.3, -0.25) is 0 Å². The van der Waals surface area contributed by atoms with Gasteiger partial charge in [-0.05, 0) is 36.8 Å². The van der Waals surface area contributed by atoms with E-state index < -0.39 is 15.7 Å². The molecule has 1 aromatic carbocycles. The van der Waals surface area contributed by atoms with Gasteiger partial charge in [-0.1, -0.05) is 11.6 Å². The number of hydrogen-bond donors (Lipinski definition) is 2. The van der Waals surface area contributed by atoms with E-state index in [1.807, 2.05) is 19.0 Å². The Kier molecular flexibility index (Phi) is 6.41. The van der Waals surface area contributed by atoms with Gasteiger partial charge in [0.1, 0.15) is 5.82 Å². The highest BCUT2D eigenvalue weighted by molar-refractivity contribution is 7.91. The summed E-state index contributed by atoms with van der Waals surface area (Å²) in [5, 5.41) is 3.48. The third-order valence-corrected chi connectivity index (χ3v) is 6.31. The second-order valence-electron chi connectivity index (χ2n) is 6.27. The van der Waals surface area contributed by atoms with E-state index in [1.165, 1.54) is 17.0 Å². The summed E-state index contributed by atoms with van der Waals surface area (Å²) in [6.07, 6.45) is 0.567. The standard InChI is InChI=1S/C15H21ClFN3O2S2/c1-19(2)6-7-20(12-5-8-24(21,22)10-12)15(23)18-11-3-4-14(17)13(16)9-11/h3-4,9,12H,5-8,10H2,1-2H3,(H,18,23)/p+1/t12-/m1/s1. The van der Waals surface area contributed by atoms with E-state index in [0.717, 1.165) is 6.54 Å². The van der Waals surface area contributed by atoms with Gasteiger partial charge in [-0.15, -0.1) is 0 Å². The zero-order valence-corrected chi connectivity index (χ0v) is 16.1. The highest BCUT2D eigenvalue weighted by Gasteiger charge is 2.33. The van der Waals surface area contributed by atoms with Crippen molar-refractivity contribution in [2.24, 2.45) is 0 Å². The molecule has 0 aromatic heterocycles. The summed E-state index contributed by atoms with van der Waals surface area (Å²) in [6, 6.07) is 4.14. The number of benzene rings is 1. The van der Waals surface area contributed by atoms with Gasteiger partial charge in [0.05, 0.1) is 43.7 Å². The van der Waals surface area contributed by atoms with Crippen molar-refractivity contribution in [2.75, 3.05) is 44.0 Å². The Hall–Kier alpha value is -0.960. The maximum Gasteiger partial charge on any atom is 0.173 e. The fraction of sp³-hybridized carbons (Fsp3) is 0.533. The number of thiocarbonyl (C=S) groups is 1. The van der Waals surface area contributed by atoms with E-state index in [0.29, 0.717) is 23.8 Å². The molecule has 1 fully saturated rings. The summed E-state index contributed by atoms with van der Waals surface area (Å²) in [5.41, 5.74) is 0.578. The molecule has 2 rings (SSSR count). The Morgan fingerprint density at radius 1 is 1.50 bits per heavy atom. The quantitative estimate of drug-likeness (QED) is 0.724. The normalized spacial score (nSPS) is 19.5. The number of halogens is 2. The minimum absolute atomic E-state index is 0.00975. The molecule has 0 aliphatic carbocycles. The maximum atomic E-state index is 13.3.